The average molecular weight is 312 g/mol. The van der Waals surface area contributed by atoms with Gasteiger partial charge >= 0.3 is 0 Å². The van der Waals surface area contributed by atoms with Gasteiger partial charge in [0.1, 0.15) is 0 Å². The van der Waals surface area contributed by atoms with E-state index in [-0.39, 0.29) is 11.8 Å². The predicted octanol–water partition coefficient (Wildman–Crippen LogP) is 2.73. The number of carbonyl (C=O) groups is 2. The van der Waals surface area contributed by atoms with Gasteiger partial charge in [0.25, 0.3) is 5.91 Å². The van der Waals surface area contributed by atoms with E-state index in [1.807, 2.05) is 29.2 Å². The number of carbonyl (C=O) groups excluding carboxylic acids is 2. The second-order valence-corrected chi connectivity index (χ2v) is 7.37. The number of fused-ring (bicyclic) bond motifs is 2. The Morgan fingerprint density at radius 3 is 2.61 bits per heavy atom. The quantitative estimate of drug-likeness (QED) is 0.929. The molecule has 4 heteroatoms. The lowest BCUT2D eigenvalue weighted by Crippen LogP contribution is -2.38. The first-order chi connectivity index (χ1) is 11.2. The molecule has 3 atom stereocenters. The summed E-state index contributed by atoms with van der Waals surface area (Å²) in [4.78, 5) is 26.0. The summed E-state index contributed by atoms with van der Waals surface area (Å²) in [5.74, 6) is 1.82. The number of benzene rings is 1. The van der Waals surface area contributed by atoms with E-state index in [9.17, 15) is 9.59 Å². The number of nitrogens with zero attached hydrogens (tertiary/aromatic N) is 1. The van der Waals surface area contributed by atoms with Crippen LogP contribution in [0.1, 0.15) is 54.4 Å². The Morgan fingerprint density at radius 1 is 1.17 bits per heavy atom. The van der Waals surface area contributed by atoms with Crippen molar-refractivity contribution in [1.29, 1.82) is 0 Å². The number of hydrogen-bond acceptors (Lipinski definition) is 2. The van der Waals surface area contributed by atoms with Crippen LogP contribution in [0.2, 0.25) is 0 Å². The number of rotatable bonds is 4. The van der Waals surface area contributed by atoms with E-state index in [1.54, 1.807) is 0 Å². The smallest absolute Gasteiger partial charge is 0.251 e. The summed E-state index contributed by atoms with van der Waals surface area (Å²) in [7, 11) is 0. The summed E-state index contributed by atoms with van der Waals surface area (Å²) >= 11 is 0. The van der Waals surface area contributed by atoms with Crippen molar-refractivity contribution < 1.29 is 9.59 Å². The van der Waals surface area contributed by atoms with Crippen LogP contribution in [0.15, 0.2) is 24.3 Å². The minimum absolute atomic E-state index is 0.0475. The van der Waals surface area contributed by atoms with Gasteiger partial charge in [-0.05, 0) is 55.2 Å². The highest BCUT2D eigenvalue weighted by atomic mass is 16.2. The van der Waals surface area contributed by atoms with Gasteiger partial charge in [-0.3, -0.25) is 9.59 Å². The maximum Gasteiger partial charge on any atom is 0.251 e. The molecular formula is C19H24N2O2. The lowest BCUT2D eigenvalue weighted by atomic mass is 9.95. The molecule has 1 N–H and O–H groups in total. The molecule has 23 heavy (non-hydrogen) atoms. The van der Waals surface area contributed by atoms with Crippen molar-refractivity contribution in [1.82, 2.24) is 10.2 Å². The molecule has 4 rings (SSSR count). The first-order valence-corrected chi connectivity index (χ1v) is 8.86. The van der Waals surface area contributed by atoms with Gasteiger partial charge in [-0.1, -0.05) is 18.6 Å². The SMILES string of the molecule is O=C(N[C@@H]1C[C@@H]2CC[C@@H]1C2)c1ccc(CN2CCCC2=O)cc1. The third-order valence-electron chi connectivity index (χ3n) is 5.82. The Kier molecular flexibility index (Phi) is 3.83. The zero-order valence-corrected chi connectivity index (χ0v) is 13.5. The first kappa shape index (κ1) is 14.7. The van der Waals surface area contributed by atoms with E-state index in [2.05, 4.69) is 5.32 Å². The summed E-state index contributed by atoms with van der Waals surface area (Å²) in [6.07, 6.45) is 6.71. The molecular weight excluding hydrogens is 288 g/mol. The van der Waals surface area contributed by atoms with Crippen LogP contribution in [0.25, 0.3) is 0 Å². The molecule has 2 saturated carbocycles. The molecule has 1 aliphatic heterocycles. The number of likely N-dealkylation sites (tertiary alicyclic amines) is 1. The minimum Gasteiger partial charge on any atom is -0.349 e. The molecule has 2 amide bonds. The third-order valence-corrected chi connectivity index (χ3v) is 5.82. The van der Waals surface area contributed by atoms with Crippen LogP contribution in [-0.2, 0) is 11.3 Å². The molecule has 0 spiro atoms. The Morgan fingerprint density at radius 2 is 2.00 bits per heavy atom. The van der Waals surface area contributed by atoms with E-state index in [4.69, 9.17) is 0 Å². The van der Waals surface area contributed by atoms with Crippen molar-refractivity contribution in [2.45, 2.75) is 51.1 Å². The van der Waals surface area contributed by atoms with Crippen LogP contribution in [-0.4, -0.2) is 29.3 Å². The zero-order valence-electron chi connectivity index (χ0n) is 13.5. The first-order valence-electron chi connectivity index (χ1n) is 8.86. The van der Waals surface area contributed by atoms with E-state index in [0.717, 1.165) is 36.4 Å². The van der Waals surface area contributed by atoms with E-state index < -0.39 is 0 Å². The summed E-state index contributed by atoms with van der Waals surface area (Å²) in [6.45, 7) is 1.51. The molecule has 0 radical (unpaired) electrons. The van der Waals surface area contributed by atoms with Crippen molar-refractivity contribution in [3.8, 4) is 0 Å². The van der Waals surface area contributed by atoms with Crippen LogP contribution in [0, 0.1) is 11.8 Å². The summed E-state index contributed by atoms with van der Waals surface area (Å²) in [5, 5.41) is 3.22. The summed E-state index contributed by atoms with van der Waals surface area (Å²) in [6, 6.07) is 8.10. The number of amides is 2. The maximum absolute atomic E-state index is 12.4. The van der Waals surface area contributed by atoms with Gasteiger partial charge in [-0.2, -0.15) is 0 Å². The van der Waals surface area contributed by atoms with Gasteiger partial charge in [-0.15, -0.1) is 0 Å². The molecule has 3 fully saturated rings. The normalized spacial score (nSPS) is 29.3. The Bertz CT molecular complexity index is 610. The lowest BCUT2D eigenvalue weighted by molar-refractivity contribution is -0.128. The Balaban J connectivity index is 1.35. The standard InChI is InChI=1S/C19H24N2O2/c22-18-2-1-9-21(18)12-13-3-6-15(7-4-13)19(23)20-17-11-14-5-8-16(17)10-14/h3-4,6-7,14,16-17H,1-2,5,8-12H2,(H,20,23)/t14-,16-,17-/m1/s1. The van der Waals surface area contributed by atoms with Crippen LogP contribution in [0.5, 0.6) is 0 Å². The minimum atomic E-state index is 0.0475. The van der Waals surface area contributed by atoms with Crippen molar-refractivity contribution in [3.05, 3.63) is 35.4 Å². The fourth-order valence-electron chi connectivity index (χ4n) is 4.53. The molecule has 2 bridgehead atoms. The van der Waals surface area contributed by atoms with Gasteiger partial charge in [0.15, 0.2) is 0 Å². The summed E-state index contributed by atoms with van der Waals surface area (Å²) in [5.41, 5.74) is 1.82. The highest BCUT2D eigenvalue weighted by molar-refractivity contribution is 5.94. The Hall–Kier alpha value is -1.84. The molecule has 1 saturated heterocycles. The molecule has 3 aliphatic rings. The molecule has 0 aromatic heterocycles. The maximum atomic E-state index is 12.4. The van der Waals surface area contributed by atoms with Gasteiger partial charge in [0.2, 0.25) is 5.91 Å². The molecule has 1 heterocycles. The molecule has 1 aromatic rings. The van der Waals surface area contributed by atoms with E-state index in [0.29, 0.717) is 24.9 Å². The molecule has 122 valence electrons. The second kappa shape index (κ2) is 5.99. The summed E-state index contributed by atoms with van der Waals surface area (Å²) < 4.78 is 0. The predicted molar refractivity (Wildman–Crippen MR) is 87.8 cm³/mol. The topological polar surface area (TPSA) is 49.4 Å². The largest absolute Gasteiger partial charge is 0.349 e. The van der Waals surface area contributed by atoms with Crippen LogP contribution in [0.3, 0.4) is 0 Å². The van der Waals surface area contributed by atoms with Crippen LogP contribution >= 0.6 is 0 Å². The molecule has 4 nitrogen and oxygen atoms in total. The second-order valence-electron chi connectivity index (χ2n) is 7.37. The van der Waals surface area contributed by atoms with Crippen LogP contribution < -0.4 is 5.32 Å². The Labute approximate surface area is 137 Å². The highest BCUT2D eigenvalue weighted by Gasteiger charge is 2.40. The van der Waals surface area contributed by atoms with Crippen molar-refractivity contribution in [3.63, 3.8) is 0 Å². The van der Waals surface area contributed by atoms with Gasteiger partial charge in [0, 0.05) is 31.1 Å². The van der Waals surface area contributed by atoms with Crippen molar-refractivity contribution in [2.75, 3.05) is 6.54 Å². The van der Waals surface area contributed by atoms with Crippen molar-refractivity contribution in [2.24, 2.45) is 11.8 Å². The lowest BCUT2D eigenvalue weighted by Gasteiger charge is -2.23. The average Bonchev–Trinajstić information content (AvgIpc) is 3.26. The fourth-order valence-corrected chi connectivity index (χ4v) is 4.53. The number of nitrogens with one attached hydrogen (secondary N) is 1. The molecule has 0 unspecified atom stereocenters. The van der Waals surface area contributed by atoms with E-state index in [1.165, 1.54) is 19.3 Å². The van der Waals surface area contributed by atoms with Crippen molar-refractivity contribution >= 4 is 11.8 Å². The molecule has 2 aliphatic carbocycles. The third kappa shape index (κ3) is 2.99. The monoisotopic (exact) mass is 312 g/mol. The molecule has 1 aromatic carbocycles. The van der Waals surface area contributed by atoms with E-state index >= 15 is 0 Å². The fraction of sp³-hybridized carbons (Fsp3) is 0.579. The van der Waals surface area contributed by atoms with Gasteiger partial charge in [-0.25, -0.2) is 0 Å². The van der Waals surface area contributed by atoms with Gasteiger partial charge in [0.05, 0.1) is 0 Å². The number of hydrogen-bond donors (Lipinski definition) is 1. The van der Waals surface area contributed by atoms with Gasteiger partial charge < -0.3 is 10.2 Å². The van der Waals surface area contributed by atoms with Crippen LogP contribution in [0.4, 0.5) is 0 Å². The zero-order chi connectivity index (χ0) is 15.8. The highest BCUT2D eigenvalue weighted by Crippen LogP contribution is 2.44.